The van der Waals surface area contributed by atoms with Gasteiger partial charge in [0.2, 0.25) is 0 Å². The smallest absolute Gasteiger partial charge is 0.257 e. The van der Waals surface area contributed by atoms with Crippen LogP contribution in [0.4, 0.5) is 5.13 Å². The number of benzene rings is 1. The van der Waals surface area contributed by atoms with E-state index < -0.39 is 0 Å². The highest BCUT2D eigenvalue weighted by Gasteiger charge is 2.11. The predicted octanol–water partition coefficient (Wildman–Crippen LogP) is 4.25. The molecule has 2 aromatic heterocycles. The van der Waals surface area contributed by atoms with Crippen LogP contribution in [0.3, 0.4) is 0 Å². The van der Waals surface area contributed by atoms with E-state index in [1.807, 2.05) is 24.3 Å². The number of aromatic nitrogens is 2. The fourth-order valence-corrected chi connectivity index (χ4v) is 3.01. The predicted molar refractivity (Wildman–Crippen MR) is 81.8 cm³/mol. The quantitative estimate of drug-likeness (QED) is 0.717. The Balaban J connectivity index is 1.88. The highest BCUT2D eigenvalue weighted by atomic mass is 35.5. The number of rotatable bonds is 2. The summed E-state index contributed by atoms with van der Waals surface area (Å²) in [6, 6.07) is 10.6. The molecule has 1 aromatic carbocycles. The van der Waals surface area contributed by atoms with E-state index in [1.54, 1.807) is 0 Å². The van der Waals surface area contributed by atoms with Gasteiger partial charge < -0.3 is 0 Å². The molecule has 0 aliphatic carbocycles. The molecular formula is C13H7Cl2N3OS. The minimum Gasteiger partial charge on any atom is -0.298 e. The van der Waals surface area contributed by atoms with Crippen LogP contribution in [-0.2, 0) is 0 Å². The number of hydrogen-bond donors (Lipinski definition) is 1. The molecule has 0 aliphatic heterocycles. The molecule has 7 heteroatoms. The normalized spacial score (nSPS) is 10.7. The summed E-state index contributed by atoms with van der Waals surface area (Å²) < 4.78 is 1.01. The summed E-state index contributed by atoms with van der Waals surface area (Å²) in [5.41, 5.74) is 1.19. The monoisotopic (exact) mass is 323 g/mol. The van der Waals surface area contributed by atoms with Crippen LogP contribution >= 0.6 is 34.5 Å². The molecule has 0 saturated heterocycles. The molecule has 0 fully saturated rings. The zero-order valence-corrected chi connectivity index (χ0v) is 12.3. The first-order chi connectivity index (χ1) is 9.61. The summed E-state index contributed by atoms with van der Waals surface area (Å²) in [4.78, 5) is 20.2. The van der Waals surface area contributed by atoms with Crippen LogP contribution in [0.15, 0.2) is 36.4 Å². The van der Waals surface area contributed by atoms with Gasteiger partial charge in [-0.1, -0.05) is 46.7 Å². The number of thiazole rings is 1. The number of nitrogens with one attached hydrogen (secondary N) is 1. The number of halogens is 2. The van der Waals surface area contributed by atoms with Gasteiger partial charge in [-0.15, -0.1) is 0 Å². The molecule has 3 rings (SSSR count). The Kier molecular flexibility index (Phi) is 3.56. The maximum absolute atomic E-state index is 12.1. The molecule has 1 N–H and O–H groups in total. The molecule has 0 radical (unpaired) electrons. The first kappa shape index (κ1) is 13.3. The van der Waals surface area contributed by atoms with E-state index >= 15 is 0 Å². The maximum Gasteiger partial charge on any atom is 0.257 e. The van der Waals surface area contributed by atoms with E-state index in [4.69, 9.17) is 23.2 Å². The van der Waals surface area contributed by atoms with Crippen LogP contribution in [0, 0.1) is 0 Å². The van der Waals surface area contributed by atoms with Crippen LogP contribution in [0.2, 0.25) is 10.3 Å². The van der Waals surface area contributed by atoms with E-state index in [1.165, 1.54) is 23.5 Å². The van der Waals surface area contributed by atoms with Gasteiger partial charge in [-0.05, 0) is 24.3 Å². The Hall–Kier alpha value is -1.69. The summed E-state index contributed by atoms with van der Waals surface area (Å²) in [5.74, 6) is -0.324. The van der Waals surface area contributed by atoms with E-state index in [0.29, 0.717) is 10.7 Å². The van der Waals surface area contributed by atoms with Crippen molar-refractivity contribution in [3.8, 4) is 0 Å². The minimum absolute atomic E-state index is 0.173. The number of fused-ring (bicyclic) bond motifs is 1. The molecule has 3 aromatic rings. The van der Waals surface area contributed by atoms with E-state index in [-0.39, 0.29) is 16.2 Å². The van der Waals surface area contributed by atoms with Gasteiger partial charge in [-0.3, -0.25) is 10.1 Å². The van der Waals surface area contributed by atoms with Crippen molar-refractivity contribution in [3.05, 3.63) is 52.3 Å². The van der Waals surface area contributed by atoms with Gasteiger partial charge in [0.25, 0.3) is 5.91 Å². The Morgan fingerprint density at radius 1 is 1.10 bits per heavy atom. The maximum atomic E-state index is 12.1. The number of anilines is 1. The third-order valence-electron chi connectivity index (χ3n) is 2.54. The van der Waals surface area contributed by atoms with Crippen molar-refractivity contribution in [2.75, 3.05) is 5.32 Å². The number of carbonyl (C=O) groups excluding carboxylic acids is 1. The molecule has 100 valence electrons. The van der Waals surface area contributed by atoms with Crippen LogP contribution in [0.1, 0.15) is 10.4 Å². The lowest BCUT2D eigenvalue weighted by Gasteiger charge is -2.02. The molecule has 0 spiro atoms. The third kappa shape index (κ3) is 2.75. The Labute approximate surface area is 128 Å². The van der Waals surface area contributed by atoms with Gasteiger partial charge in [-0.25, -0.2) is 9.97 Å². The lowest BCUT2D eigenvalue weighted by Crippen LogP contribution is -2.11. The Morgan fingerprint density at radius 2 is 1.80 bits per heavy atom. The van der Waals surface area contributed by atoms with Crippen molar-refractivity contribution in [2.45, 2.75) is 0 Å². The average Bonchev–Trinajstić information content (AvgIpc) is 2.79. The van der Waals surface area contributed by atoms with Gasteiger partial charge >= 0.3 is 0 Å². The SMILES string of the molecule is O=C(Nc1nc2ccccc2s1)c1cc(Cl)nc(Cl)c1. The second-order valence-corrected chi connectivity index (χ2v) is 5.75. The van der Waals surface area contributed by atoms with Crippen molar-refractivity contribution in [2.24, 2.45) is 0 Å². The highest BCUT2D eigenvalue weighted by molar-refractivity contribution is 7.22. The van der Waals surface area contributed by atoms with Crippen molar-refractivity contribution in [1.29, 1.82) is 0 Å². The summed E-state index contributed by atoms with van der Waals surface area (Å²) in [5, 5.41) is 3.60. The first-order valence-corrected chi connectivity index (χ1v) is 7.19. The molecule has 0 atom stereocenters. The molecule has 2 heterocycles. The van der Waals surface area contributed by atoms with Crippen LogP contribution in [0.25, 0.3) is 10.2 Å². The molecule has 20 heavy (non-hydrogen) atoms. The largest absolute Gasteiger partial charge is 0.298 e. The fraction of sp³-hybridized carbons (Fsp3) is 0. The number of carbonyl (C=O) groups is 1. The summed E-state index contributed by atoms with van der Waals surface area (Å²) >= 11 is 12.9. The molecule has 4 nitrogen and oxygen atoms in total. The van der Waals surface area contributed by atoms with Gasteiger partial charge in [0.1, 0.15) is 10.3 Å². The third-order valence-corrected chi connectivity index (χ3v) is 3.88. The second-order valence-electron chi connectivity index (χ2n) is 3.94. The number of pyridine rings is 1. The van der Waals surface area contributed by atoms with Gasteiger partial charge in [-0.2, -0.15) is 0 Å². The molecule has 0 unspecified atom stereocenters. The molecular weight excluding hydrogens is 317 g/mol. The molecule has 0 bridgehead atoms. The summed E-state index contributed by atoms with van der Waals surface area (Å²) in [7, 11) is 0. The molecule has 0 saturated carbocycles. The Bertz CT molecular complexity index is 750. The summed E-state index contributed by atoms with van der Waals surface area (Å²) in [6.07, 6.45) is 0. The number of hydrogen-bond acceptors (Lipinski definition) is 4. The minimum atomic E-state index is -0.324. The van der Waals surface area contributed by atoms with Crippen molar-refractivity contribution in [1.82, 2.24) is 9.97 Å². The average molecular weight is 324 g/mol. The fourth-order valence-electron chi connectivity index (χ4n) is 1.69. The first-order valence-electron chi connectivity index (χ1n) is 5.62. The second kappa shape index (κ2) is 5.36. The van der Waals surface area contributed by atoms with Crippen LogP contribution in [-0.4, -0.2) is 15.9 Å². The number of amides is 1. The molecule has 1 amide bonds. The van der Waals surface area contributed by atoms with E-state index in [9.17, 15) is 4.79 Å². The van der Waals surface area contributed by atoms with Crippen molar-refractivity contribution in [3.63, 3.8) is 0 Å². The van der Waals surface area contributed by atoms with E-state index in [0.717, 1.165) is 10.2 Å². The standard InChI is InChI=1S/C13H7Cl2N3OS/c14-10-5-7(6-11(15)17-10)12(19)18-13-16-8-3-1-2-4-9(8)20-13/h1-6H,(H,16,18,19). The van der Waals surface area contributed by atoms with Crippen molar-refractivity contribution >= 4 is 55.8 Å². The zero-order chi connectivity index (χ0) is 14.1. The lowest BCUT2D eigenvalue weighted by molar-refractivity contribution is 0.102. The van der Waals surface area contributed by atoms with Gasteiger partial charge in [0.15, 0.2) is 5.13 Å². The zero-order valence-electron chi connectivity index (χ0n) is 9.93. The van der Waals surface area contributed by atoms with Crippen molar-refractivity contribution < 1.29 is 4.79 Å². The lowest BCUT2D eigenvalue weighted by atomic mass is 10.2. The Morgan fingerprint density at radius 3 is 2.50 bits per heavy atom. The highest BCUT2D eigenvalue weighted by Crippen LogP contribution is 2.26. The topological polar surface area (TPSA) is 54.9 Å². The van der Waals surface area contributed by atoms with Crippen LogP contribution < -0.4 is 5.32 Å². The van der Waals surface area contributed by atoms with Gasteiger partial charge in [0, 0.05) is 5.56 Å². The van der Waals surface area contributed by atoms with Crippen LogP contribution in [0.5, 0.6) is 0 Å². The molecule has 0 aliphatic rings. The van der Waals surface area contributed by atoms with E-state index in [2.05, 4.69) is 15.3 Å². The summed E-state index contributed by atoms with van der Waals surface area (Å²) in [6.45, 7) is 0. The van der Waals surface area contributed by atoms with Gasteiger partial charge in [0.05, 0.1) is 10.2 Å². The number of para-hydroxylation sites is 1. The number of nitrogens with zero attached hydrogens (tertiary/aromatic N) is 2.